The lowest BCUT2D eigenvalue weighted by molar-refractivity contribution is -0.138. The van der Waals surface area contributed by atoms with Gasteiger partial charge in [-0.2, -0.15) is 0 Å². The molecule has 0 aliphatic heterocycles. The number of nitrogens with one attached hydrogen (secondary N) is 2. The van der Waals surface area contributed by atoms with Crippen molar-refractivity contribution < 1.29 is 9.53 Å². The minimum atomic E-state index is -0.327. The Bertz CT molecular complexity index is 631. The summed E-state index contributed by atoms with van der Waals surface area (Å²) in [7, 11) is 3.68. The minimum Gasteiger partial charge on any atom is -0.381 e. The summed E-state index contributed by atoms with van der Waals surface area (Å²) in [6.45, 7) is 5.67. The summed E-state index contributed by atoms with van der Waals surface area (Å²) < 4.78 is 5.74. The molecule has 0 atom stereocenters. The van der Waals surface area contributed by atoms with Crippen molar-refractivity contribution in [3.05, 3.63) is 35.9 Å². The molecule has 1 aromatic carbocycles. The number of carbonyl (C=O) groups excluding carboxylic acids is 1. The molecule has 0 heterocycles. The Morgan fingerprint density at radius 2 is 1.83 bits per heavy atom. The molecule has 0 aromatic heterocycles. The number of nitrogens with zero attached hydrogens (tertiary/aromatic N) is 2. The molecule has 1 saturated carbocycles. The first kappa shape index (κ1) is 26.7. The summed E-state index contributed by atoms with van der Waals surface area (Å²) in [6, 6.07) is 10.4. The number of benzene rings is 1. The van der Waals surface area contributed by atoms with Crippen LogP contribution < -0.4 is 10.6 Å². The van der Waals surface area contributed by atoms with Crippen molar-refractivity contribution in [1.82, 2.24) is 15.5 Å². The number of halogens is 1. The van der Waals surface area contributed by atoms with E-state index in [4.69, 9.17) is 9.73 Å². The topological polar surface area (TPSA) is 66.0 Å². The molecule has 0 saturated heterocycles. The molecule has 30 heavy (non-hydrogen) atoms. The first-order chi connectivity index (χ1) is 14.1. The average Bonchev–Trinajstić information content (AvgIpc) is 3.21. The number of rotatable bonds is 11. The molecule has 1 aromatic rings. The number of hydrogen-bond donors (Lipinski definition) is 2. The maximum absolute atomic E-state index is 12.7. The van der Waals surface area contributed by atoms with Crippen LogP contribution in [0.5, 0.6) is 0 Å². The highest BCUT2D eigenvalue weighted by Gasteiger charge is 2.41. The molecule has 0 bridgehead atoms. The van der Waals surface area contributed by atoms with Crippen molar-refractivity contribution in [1.29, 1.82) is 0 Å². The second-order valence-electron chi connectivity index (χ2n) is 8.01. The zero-order chi connectivity index (χ0) is 21.0. The Morgan fingerprint density at radius 1 is 1.13 bits per heavy atom. The van der Waals surface area contributed by atoms with Crippen LogP contribution >= 0.6 is 24.0 Å². The third-order valence-electron chi connectivity index (χ3n) is 5.44. The number of hydrogen-bond acceptors (Lipinski definition) is 3. The van der Waals surface area contributed by atoms with Crippen LogP contribution in [0.3, 0.4) is 0 Å². The molecule has 2 rings (SSSR count). The fraction of sp³-hybridized carbons (Fsp3) is 0.652. The Morgan fingerprint density at radius 3 is 2.47 bits per heavy atom. The zero-order valence-electron chi connectivity index (χ0n) is 18.8. The molecular weight excluding hydrogens is 491 g/mol. The van der Waals surface area contributed by atoms with Gasteiger partial charge in [-0.05, 0) is 38.2 Å². The van der Waals surface area contributed by atoms with Gasteiger partial charge >= 0.3 is 0 Å². The number of amides is 1. The van der Waals surface area contributed by atoms with Crippen LogP contribution in [0.25, 0.3) is 0 Å². The highest BCUT2D eigenvalue weighted by molar-refractivity contribution is 14.0. The van der Waals surface area contributed by atoms with E-state index >= 15 is 0 Å². The van der Waals surface area contributed by atoms with E-state index in [1.165, 1.54) is 5.56 Å². The van der Waals surface area contributed by atoms with Gasteiger partial charge in [-0.15, -0.1) is 24.0 Å². The summed E-state index contributed by atoms with van der Waals surface area (Å²) >= 11 is 0. The third-order valence-corrected chi connectivity index (χ3v) is 5.44. The maximum Gasteiger partial charge on any atom is 0.230 e. The van der Waals surface area contributed by atoms with Gasteiger partial charge in [-0.1, -0.05) is 43.2 Å². The van der Waals surface area contributed by atoms with Gasteiger partial charge in [0.25, 0.3) is 0 Å². The van der Waals surface area contributed by atoms with Gasteiger partial charge in [0.2, 0.25) is 5.91 Å². The van der Waals surface area contributed by atoms with E-state index in [0.717, 1.165) is 70.8 Å². The normalized spacial score (nSPS) is 15.4. The zero-order valence-corrected chi connectivity index (χ0v) is 21.1. The summed E-state index contributed by atoms with van der Waals surface area (Å²) in [4.78, 5) is 19.2. The van der Waals surface area contributed by atoms with E-state index in [-0.39, 0.29) is 35.3 Å². The predicted molar refractivity (Wildman–Crippen MR) is 135 cm³/mol. The van der Waals surface area contributed by atoms with Gasteiger partial charge in [0.1, 0.15) is 0 Å². The van der Waals surface area contributed by atoms with Crippen LogP contribution in [0, 0.1) is 5.41 Å². The Labute approximate surface area is 199 Å². The fourth-order valence-corrected chi connectivity index (χ4v) is 3.86. The summed E-state index contributed by atoms with van der Waals surface area (Å²) in [6.07, 6.45) is 5.95. The highest BCUT2D eigenvalue weighted by atomic mass is 127. The van der Waals surface area contributed by atoms with E-state index in [2.05, 4.69) is 41.8 Å². The van der Waals surface area contributed by atoms with Crippen molar-refractivity contribution >= 4 is 35.8 Å². The van der Waals surface area contributed by atoms with Crippen molar-refractivity contribution in [2.45, 2.75) is 45.4 Å². The lowest BCUT2D eigenvalue weighted by Crippen LogP contribution is -2.43. The van der Waals surface area contributed by atoms with Gasteiger partial charge < -0.3 is 20.3 Å². The molecule has 0 radical (unpaired) electrons. The van der Waals surface area contributed by atoms with Gasteiger partial charge in [-0.3, -0.25) is 9.79 Å². The molecule has 1 fully saturated rings. The fourth-order valence-electron chi connectivity index (χ4n) is 3.86. The molecule has 170 valence electrons. The van der Waals surface area contributed by atoms with Crippen molar-refractivity contribution in [3.8, 4) is 0 Å². The number of guanidine groups is 1. The van der Waals surface area contributed by atoms with Crippen molar-refractivity contribution in [2.75, 3.05) is 46.9 Å². The molecule has 6 nitrogen and oxygen atoms in total. The predicted octanol–water partition coefficient (Wildman–Crippen LogP) is 3.46. The van der Waals surface area contributed by atoms with E-state index < -0.39 is 0 Å². The second-order valence-corrected chi connectivity index (χ2v) is 8.01. The van der Waals surface area contributed by atoms with E-state index in [9.17, 15) is 4.79 Å². The first-order valence-corrected chi connectivity index (χ1v) is 10.9. The van der Waals surface area contributed by atoms with Crippen LogP contribution in [0.2, 0.25) is 0 Å². The molecule has 2 N–H and O–H groups in total. The van der Waals surface area contributed by atoms with Crippen LogP contribution in [0.15, 0.2) is 35.3 Å². The summed E-state index contributed by atoms with van der Waals surface area (Å²) in [5.74, 6) is 0.996. The standard InChI is InChI=1S/C23H38N4O2.HI/c1-4-24-22(26-19-23(14-8-9-15-23)21(28)27(2)3)25-16-10-17-29-18-13-20-11-6-5-7-12-20;/h5-7,11-12H,4,8-10,13-19H2,1-3H3,(H2,24,25,26);1H. The highest BCUT2D eigenvalue weighted by Crippen LogP contribution is 2.39. The van der Waals surface area contributed by atoms with Gasteiger partial charge in [0.15, 0.2) is 5.96 Å². The smallest absolute Gasteiger partial charge is 0.230 e. The molecule has 0 spiro atoms. The molecule has 1 aliphatic carbocycles. The molecule has 1 aliphatic rings. The van der Waals surface area contributed by atoms with E-state index in [0.29, 0.717) is 6.54 Å². The van der Waals surface area contributed by atoms with Crippen LogP contribution in [-0.4, -0.2) is 63.7 Å². The summed E-state index contributed by atoms with van der Waals surface area (Å²) in [5, 5.41) is 6.66. The van der Waals surface area contributed by atoms with Crippen molar-refractivity contribution in [3.63, 3.8) is 0 Å². The lowest BCUT2D eigenvalue weighted by atomic mass is 9.85. The second kappa shape index (κ2) is 14.6. The van der Waals surface area contributed by atoms with Crippen molar-refractivity contribution in [2.24, 2.45) is 10.4 Å². The first-order valence-electron chi connectivity index (χ1n) is 10.9. The molecular formula is C23H39IN4O2. The Balaban J connectivity index is 0.00000450. The van der Waals surface area contributed by atoms with Gasteiger partial charge in [0, 0.05) is 33.8 Å². The Kier molecular flexibility index (Phi) is 13.0. The monoisotopic (exact) mass is 530 g/mol. The number of ether oxygens (including phenoxy) is 1. The Hall–Kier alpha value is -1.35. The quantitative estimate of drug-likeness (QED) is 0.199. The number of carbonyl (C=O) groups is 1. The lowest BCUT2D eigenvalue weighted by Gasteiger charge is -2.29. The molecule has 1 amide bonds. The number of aliphatic imine (C=N–C) groups is 1. The SMILES string of the molecule is CCNC(=NCC1(C(=O)N(C)C)CCCC1)NCCCOCCc1ccccc1.I. The minimum absolute atomic E-state index is 0. The largest absolute Gasteiger partial charge is 0.381 e. The maximum atomic E-state index is 12.7. The molecule has 7 heteroatoms. The average molecular weight is 530 g/mol. The van der Waals surface area contributed by atoms with E-state index in [1.807, 2.05) is 20.2 Å². The van der Waals surface area contributed by atoms with Crippen LogP contribution in [0.4, 0.5) is 0 Å². The van der Waals surface area contributed by atoms with Gasteiger partial charge in [0.05, 0.1) is 18.6 Å². The summed E-state index contributed by atoms with van der Waals surface area (Å²) in [5.41, 5.74) is 0.979. The van der Waals surface area contributed by atoms with Gasteiger partial charge in [-0.25, -0.2) is 0 Å². The molecule has 0 unspecified atom stereocenters. The van der Waals surface area contributed by atoms with E-state index in [1.54, 1.807) is 4.90 Å². The third kappa shape index (κ3) is 8.79. The van der Waals surface area contributed by atoms with Crippen LogP contribution in [-0.2, 0) is 16.0 Å². The van der Waals surface area contributed by atoms with Crippen LogP contribution in [0.1, 0.15) is 44.6 Å².